The van der Waals surface area contributed by atoms with E-state index in [1.165, 1.54) is 42.5 Å². The summed E-state index contributed by atoms with van der Waals surface area (Å²) < 4.78 is 49.3. The summed E-state index contributed by atoms with van der Waals surface area (Å²) in [7, 11) is 1.40. The number of hydrogen-bond donors (Lipinski definition) is 2. The number of hydrogen-bond acceptors (Lipinski definition) is 7. The van der Waals surface area contributed by atoms with E-state index in [9.17, 15) is 18.0 Å². The minimum atomic E-state index is -3.10. The van der Waals surface area contributed by atoms with Crippen LogP contribution in [0.3, 0.4) is 0 Å². The van der Waals surface area contributed by atoms with Crippen molar-refractivity contribution in [1.29, 1.82) is 0 Å². The molecular weight excluding hydrogens is 415 g/mol. The molecule has 1 atom stereocenters. The van der Waals surface area contributed by atoms with Gasteiger partial charge < -0.3 is 15.8 Å². The lowest BCUT2D eigenvalue weighted by molar-refractivity contribution is 0.0364. The van der Waals surface area contributed by atoms with E-state index >= 15 is 0 Å². The fourth-order valence-corrected chi connectivity index (χ4v) is 3.26. The number of benzene rings is 1. The lowest BCUT2D eigenvalue weighted by Crippen LogP contribution is -2.45. The van der Waals surface area contributed by atoms with Crippen molar-refractivity contribution in [3.63, 3.8) is 0 Å². The molecule has 3 aromatic rings. The number of rotatable bonds is 5. The number of anilines is 1. The summed E-state index contributed by atoms with van der Waals surface area (Å²) in [5.74, 6) is -1.56. The van der Waals surface area contributed by atoms with E-state index in [1.54, 1.807) is 0 Å². The van der Waals surface area contributed by atoms with Gasteiger partial charge in [-0.2, -0.15) is 5.10 Å². The summed E-state index contributed by atoms with van der Waals surface area (Å²) in [4.78, 5) is 24.2. The molecule has 0 spiro atoms. The Kier molecular flexibility index (Phi) is 5.05. The highest BCUT2D eigenvalue weighted by Gasteiger charge is 2.47. The molecule has 0 radical (unpaired) electrons. The molecule has 1 aromatic carbocycles. The van der Waals surface area contributed by atoms with Crippen molar-refractivity contribution in [3.8, 4) is 5.88 Å². The zero-order valence-electron chi connectivity index (χ0n) is 16.1. The summed E-state index contributed by atoms with van der Waals surface area (Å²) in [5, 5.41) is 6.46. The smallest absolute Gasteiger partial charge is 0.275 e. The van der Waals surface area contributed by atoms with E-state index in [1.807, 2.05) is 0 Å². The molecule has 2 aromatic heterocycles. The molecule has 3 N–H and O–H groups in total. The van der Waals surface area contributed by atoms with Crippen LogP contribution in [-0.2, 0) is 12.1 Å². The van der Waals surface area contributed by atoms with Crippen molar-refractivity contribution < 1.29 is 22.7 Å². The van der Waals surface area contributed by atoms with Crippen LogP contribution in [0.2, 0.25) is 0 Å². The maximum Gasteiger partial charge on any atom is 0.275 e. The lowest BCUT2D eigenvalue weighted by Gasteiger charge is -2.34. The predicted octanol–water partition coefficient (Wildman–Crippen LogP) is 1.95. The molecule has 4 rings (SSSR count). The van der Waals surface area contributed by atoms with Crippen LogP contribution in [0, 0.1) is 5.82 Å². The first kappa shape index (κ1) is 20.3. The van der Waals surface area contributed by atoms with Gasteiger partial charge in [0.2, 0.25) is 5.88 Å². The highest BCUT2D eigenvalue weighted by Crippen LogP contribution is 2.39. The van der Waals surface area contributed by atoms with E-state index in [0.29, 0.717) is 5.69 Å². The molecule has 3 heterocycles. The quantitative estimate of drug-likeness (QED) is 0.637. The van der Waals surface area contributed by atoms with Gasteiger partial charge in [-0.25, -0.2) is 28.1 Å². The highest BCUT2D eigenvalue weighted by atomic mass is 19.3. The Morgan fingerprint density at radius 2 is 2.10 bits per heavy atom. The maximum atomic E-state index is 14.7. The zero-order chi connectivity index (χ0) is 22.2. The van der Waals surface area contributed by atoms with E-state index in [2.05, 4.69) is 25.4 Å². The molecule has 1 aliphatic rings. The second-order valence-electron chi connectivity index (χ2n) is 6.69. The molecule has 12 heteroatoms. The largest absolute Gasteiger partial charge is 0.480 e. The third kappa shape index (κ3) is 3.56. The number of halogens is 3. The maximum absolute atomic E-state index is 14.7. The Morgan fingerprint density at radius 3 is 2.77 bits per heavy atom. The number of carbonyl (C=O) groups is 1. The molecule has 9 nitrogen and oxygen atoms in total. The molecule has 0 saturated carbocycles. The van der Waals surface area contributed by atoms with Gasteiger partial charge in [-0.3, -0.25) is 9.48 Å². The van der Waals surface area contributed by atoms with Gasteiger partial charge in [0, 0.05) is 17.4 Å². The first-order valence-electron chi connectivity index (χ1n) is 8.97. The summed E-state index contributed by atoms with van der Waals surface area (Å²) in [6.07, 6.45) is 0.724. The summed E-state index contributed by atoms with van der Waals surface area (Å²) >= 11 is 0. The number of fused-ring (bicyclic) bond motifs is 1. The fraction of sp³-hybridized carbons (Fsp3) is 0.211. The van der Waals surface area contributed by atoms with Gasteiger partial charge in [0.15, 0.2) is 5.54 Å². The van der Waals surface area contributed by atoms with Crippen LogP contribution in [0.1, 0.15) is 21.7 Å². The van der Waals surface area contributed by atoms with Gasteiger partial charge in [0.05, 0.1) is 26.0 Å². The van der Waals surface area contributed by atoms with E-state index in [4.69, 9.17) is 10.5 Å². The highest BCUT2D eigenvalue weighted by molar-refractivity contribution is 6.02. The zero-order valence-corrected chi connectivity index (χ0v) is 16.1. The number of nitrogens with two attached hydrogens (primary N) is 1. The van der Waals surface area contributed by atoms with Gasteiger partial charge in [-0.05, 0) is 24.3 Å². The molecule has 1 amide bonds. The van der Waals surface area contributed by atoms with Crippen molar-refractivity contribution in [3.05, 3.63) is 65.6 Å². The summed E-state index contributed by atoms with van der Waals surface area (Å²) in [5.41, 5.74) is 3.49. The average Bonchev–Trinajstić information content (AvgIpc) is 3.24. The molecule has 0 bridgehead atoms. The number of ether oxygens (including phenoxy) is 1. The molecule has 160 valence electrons. The second-order valence-corrected chi connectivity index (χ2v) is 6.69. The molecule has 31 heavy (non-hydrogen) atoms. The minimum Gasteiger partial charge on any atom is -0.480 e. The number of methoxy groups -OCH3 is 1. The van der Waals surface area contributed by atoms with Crippen LogP contribution in [0.15, 0.2) is 47.8 Å². The Morgan fingerprint density at radius 1 is 1.29 bits per heavy atom. The van der Waals surface area contributed by atoms with Crippen LogP contribution in [-0.4, -0.2) is 45.0 Å². The van der Waals surface area contributed by atoms with Gasteiger partial charge in [-0.1, -0.05) is 0 Å². The fourth-order valence-electron chi connectivity index (χ4n) is 3.26. The van der Waals surface area contributed by atoms with Crippen LogP contribution in [0.4, 0.5) is 18.9 Å². The van der Waals surface area contributed by atoms with Crippen LogP contribution < -0.4 is 15.8 Å². The topological polar surface area (TPSA) is 120 Å². The van der Waals surface area contributed by atoms with Crippen molar-refractivity contribution >= 4 is 17.4 Å². The number of alkyl halides is 2. The molecule has 0 aliphatic carbocycles. The predicted molar refractivity (Wildman–Crippen MR) is 104 cm³/mol. The van der Waals surface area contributed by atoms with Crippen LogP contribution in [0.5, 0.6) is 5.88 Å². The van der Waals surface area contributed by atoms with Crippen molar-refractivity contribution in [2.24, 2.45) is 10.7 Å². The van der Waals surface area contributed by atoms with Crippen molar-refractivity contribution in [2.75, 3.05) is 12.4 Å². The van der Waals surface area contributed by atoms with Gasteiger partial charge in [-0.15, -0.1) is 0 Å². The standard InChI is InChI=1S/C19H16F3N7O2/c1-31-15-8-24-13(7-25-15)17(30)27-10-2-3-12(20)11(6-10)19(18(21)22)9-29-14(4-5-26-29)16(23)28-19/h2-8,18H,9H2,1H3,(H2,23,28)(H,27,30)/t19-/m1/s1. The van der Waals surface area contributed by atoms with Crippen LogP contribution >= 0.6 is 0 Å². The normalized spacial score (nSPS) is 17.8. The SMILES string of the molecule is COc1cnc(C(=O)Nc2ccc(F)c([C@@]3(C(F)F)Cn4nccc4C(N)=N3)c2)cn1. The number of amidine groups is 1. The first-order chi connectivity index (χ1) is 14.8. The van der Waals surface area contributed by atoms with Gasteiger partial charge in [0.1, 0.15) is 23.0 Å². The average molecular weight is 431 g/mol. The Labute approximate surface area is 173 Å². The van der Waals surface area contributed by atoms with Crippen molar-refractivity contribution in [2.45, 2.75) is 18.5 Å². The molecule has 0 fully saturated rings. The molecule has 0 saturated heterocycles. The van der Waals surface area contributed by atoms with E-state index in [-0.39, 0.29) is 23.1 Å². The molecule has 0 unspecified atom stereocenters. The number of aromatic nitrogens is 4. The Hall–Kier alpha value is -3.96. The number of amides is 1. The number of aliphatic imine (C=N–C) groups is 1. The number of nitrogens with zero attached hydrogens (tertiary/aromatic N) is 5. The number of nitrogens with one attached hydrogen (secondary N) is 1. The first-order valence-corrected chi connectivity index (χ1v) is 8.97. The van der Waals surface area contributed by atoms with Crippen LogP contribution in [0.25, 0.3) is 0 Å². The Balaban J connectivity index is 1.69. The third-order valence-corrected chi connectivity index (χ3v) is 4.81. The third-order valence-electron chi connectivity index (χ3n) is 4.81. The Bertz CT molecular complexity index is 1160. The van der Waals surface area contributed by atoms with E-state index in [0.717, 1.165) is 12.1 Å². The second kappa shape index (κ2) is 7.70. The molecule has 1 aliphatic heterocycles. The van der Waals surface area contributed by atoms with Gasteiger partial charge >= 0.3 is 0 Å². The monoisotopic (exact) mass is 431 g/mol. The summed E-state index contributed by atoms with van der Waals surface area (Å²) in [6.45, 7) is -0.425. The lowest BCUT2D eigenvalue weighted by atomic mass is 9.88. The minimum absolute atomic E-state index is 0.0450. The molecular formula is C19H16F3N7O2. The van der Waals surface area contributed by atoms with E-state index < -0.39 is 35.8 Å². The number of carbonyl (C=O) groups excluding carboxylic acids is 1. The summed E-state index contributed by atoms with van der Waals surface area (Å²) in [6, 6.07) is 4.83. The van der Waals surface area contributed by atoms with Crippen molar-refractivity contribution in [1.82, 2.24) is 19.7 Å². The van der Waals surface area contributed by atoms with Gasteiger partial charge in [0.25, 0.3) is 12.3 Å².